The number of aliphatic hydroxyl groups is 2. The molecule has 7 atom stereocenters. The predicted octanol–water partition coefficient (Wildman–Crippen LogP) is 2.76. The van der Waals surface area contributed by atoms with E-state index >= 15 is 0 Å². The Morgan fingerprint density at radius 1 is 1.18 bits per heavy atom. The highest BCUT2D eigenvalue weighted by atomic mass is 16.5. The minimum absolute atomic E-state index is 0.147. The zero-order chi connectivity index (χ0) is 19.3. The lowest BCUT2D eigenvalue weighted by molar-refractivity contribution is -0.102. The van der Waals surface area contributed by atoms with Gasteiger partial charge in [0.1, 0.15) is 23.6 Å². The first-order valence-corrected chi connectivity index (χ1v) is 10.4. The van der Waals surface area contributed by atoms with Gasteiger partial charge in [0.25, 0.3) is 0 Å². The Morgan fingerprint density at radius 3 is 2.75 bits per heavy atom. The van der Waals surface area contributed by atoms with Crippen LogP contribution in [-0.2, 0) is 4.74 Å². The summed E-state index contributed by atoms with van der Waals surface area (Å²) in [6, 6.07) is 10.6. The number of hydrogen-bond donors (Lipinski definition) is 2. The van der Waals surface area contributed by atoms with Crippen LogP contribution in [0.2, 0.25) is 0 Å². The highest BCUT2D eigenvalue weighted by Gasteiger charge is 2.67. The number of likely N-dealkylation sites (tertiary alicyclic amines) is 1. The zero-order valence-corrected chi connectivity index (χ0v) is 16.4. The summed E-state index contributed by atoms with van der Waals surface area (Å²) in [5.41, 5.74) is 2.28. The van der Waals surface area contributed by atoms with Gasteiger partial charge in [0, 0.05) is 28.9 Å². The number of ether oxygens (including phenoxy) is 1. The maximum Gasteiger partial charge on any atom is 0.138 e. The molecule has 146 valence electrons. The van der Waals surface area contributed by atoms with Gasteiger partial charge in [-0.3, -0.25) is 0 Å². The number of benzene rings is 1. The molecule has 2 N–H and O–H groups in total. The minimum atomic E-state index is -1.12. The molecule has 5 aliphatic rings. The normalized spacial score (nSPS) is 46.1. The maximum atomic E-state index is 11.7. The summed E-state index contributed by atoms with van der Waals surface area (Å²) in [6.45, 7) is 2.88. The molecule has 2 fully saturated rings. The standard InChI is InChI=1S/C24H27NO3/c1-23(27)17(14-6-4-3-5-7-14)12-15-13-18-16-8-9-19(26)21-24(16,10-11-25(18)2)20(15)22(23)28-21/h3-9,12,16-19,21,26-27H,10-11,13H2,1-2H3/t16-,17?,18+,19-,21-,23?,24-/m0/s1. The second kappa shape index (κ2) is 5.38. The molecular weight excluding hydrogens is 350 g/mol. The third-order valence-corrected chi connectivity index (χ3v) is 8.07. The van der Waals surface area contributed by atoms with E-state index in [2.05, 4.69) is 36.2 Å². The van der Waals surface area contributed by atoms with Gasteiger partial charge in [-0.2, -0.15) is 0 Å². The number of rotatable bonds is 1. The Hall–Kier alpha value is -1.88. The quantitative estimate of drug-likeness (QED) is 0.739. The fourth-order valence-electron chi connectivity index (χ4n) is 6.75. The molecule has 1 aromatic carbocycles. The molecule has 1 spiro atoms. The third kappa shape index (κ3) is 1.87. The average molecular weight is 377 g/mol. The second-order valence-corrected chi connectivity index (χ2v) is 9.41. The Morgan fingerprint density at radius 2 is 1.96 bits per heavy atom. The summed E-state index contributed by atoms with van der Waals surface area (Å²) in [6.07, 6.45) is 7.42. The van der Waals surface area contributed by atoms with Crippen molar-refractivity contribution in [1.29, 1.82) is 0 Å². The largest absolute Gasteiger partial charge is 0.487 e. The first-order chi connectivity index (χ1) is 13.4. The van der Waals surface area contributed by atoms with Crippen molar-refractivity contribution in [2.24, 2.45) is 11.3 Å². The monoisotopic (exact) mass is 377 g/mol. The van der Waals surface area contributed by atoms with E-state index in [-0.39, 0.29) is 17.4 Å². The van der Waals surface area contributed by atoms with E-state index in [9.17, 15) is 10.2 Å². The number of aliphatic hydroxyl groups excluding tert-OH is 1. The summed E-state index contributed by atoms with van der Waals surface area (Å²) in [4.78, 5) is 2.47. The van der Waals surface area contributed by atoms with Crippen LogP contribution in [0.25, 0.3) is 0 Å². The van der Waals surface area contributed by atoms with Crippen LogP contribution in [0.15, 0.2) is 65.5 Å². The first kappa shape index (κ1) is 17.0. The molecular formula is C24H27NO3. The average Bonchev–Trinajstić information content (AvgIpc) is 3.05. The molecule has 0 aromatic heterocycles. The molecule has 0 amide bonds. The van der Waals surface area contributed by atoms with Crippen molar-refractivity contribution in [1.82, 2.24) is 4.90 Å². The maximum absolute atomic E-state index is 11.7. The predicted molar refractivity (Wildman–Crippen MR) is 107 cm³/mol. The van der Waals surface area contributed by atoms with Crippen LogP contribution in [0.1, 0.15) is 31.2 Å². The van der Waals surface area contributed by atoms with Gasteiger partial charge in [-0.25, -0.2) is 0 Å². The van der Waals surface area contributed by atoms with E-state index in [0.29, 0.717) is 17.7 Å². The number of hydrogen-bond acceptors (Lipinski definition) is 4. The molecule has 6 rings (SSSR count). The second-order valence-electron chi connectivity index (χ2n) is 9.41. The smallest absolute Gasteiger partial charge is 0.138 e. The highest BCUT2D eigenvalue weighted by molar-refractivity contribution is 5.57. The Bertz CT molecular complexity index is 930. The molecule has 1 aromatic rings. The van der Waals surface area contributed by atoms with Crippen molar-refractivity contribution in [2.75, 3.05) is 13.6 Å². The van der Waals surface area contributed by atoms with Gasteiger partial charge >= 0.3 is 0 Å². The summed E-state index contributed by atoms with van der Waals surface area (Å²) >= 11 is 0. The Kier molecular flexibility index (Phi) is 3.27. The molecule has 0 radical (unpaired) electrons. The van der Waals surface area contributed by atoms with Gasteiger partial charge < -0.3 is 19.8 Å². The molecule has 28 heavy (non-hydrogen) atoms. The lowest BCUT2D eigenvalue weighted by Crippen LogP contribution is -2.62. The van der Waals surface area contributed by atoms with Crippen LogP contribution >= 0.6 is 0 Å². The third-order valence-electron chi connectivity index (χ3n) is 8.07. The van der Waals surface area contributed by atoms with Crippen LogP contribution in [-0.4, -0.2) is 52.6 Å². The topological polar surface area (TPSA) is 52.9 Å². The van der Waals surface area contributed by atoms with Crippen molar-refractivity contribution < 1.29 is 14.9 Å². The van der Waals surface area contributed by atoms with E-state index < -0.39 is 11.7 Å². The lowest BCUT2D eigenvalue weighted by Gasteiger charge is -2.58. The van der Waals surface area contributed by atoms with Crippen molar-refractivity contribution in [3.8, 4) is 0 Å². The fraction of sp³-hybridized carbons (Fsp3) is 0.500. The van der Waals surface area contributed by atoms with Crippen LogP contribution in [0.3, 0.4) is 0 Å². The Labute approximate surface area is 165 Å². The fourth-order valence-corrected chi connectivity index (χ4v) is 6.75. The van der Waals surface area contributed by atoms with E-state index in [1.165, 1.54) is 11.1 Å². The van der Waals surface area contributed by atoms with Gasteiger partial charge in [-0.1, -0.05) is 48.6 Å². The van der Waals surface area contributed by atoms with E-state index in [4.69, 9.17) is 4.74 Å². The molecule has 4 heteroatoms. The van der Waals surface area contributed by atoms with E-state index in [1.807, 2.05) is 31.2 Å². The molecule has 2 bridgehead atoms. The molecule has 1 saturated carbocycles. The van der Waals surface area contributed by atoms with E-state index in [0.717, 1.165) is 24.9 Å². The van der Waals surface area contributed by atoms with Crippen LogP contribution < -0.4 is 0 Å². The van der Waals surface area contributed by atoms with Gasteiger partial charge in [0.2, 0.25) is 0 Å². The molecule has 4 nitrogen and oxygen atoms in total. The summed E-state index contributed by atoms with van der Waals surface area (Å²) in [5.74, 6) is 0.889. The van der Waals surface area contributed by atoms with Crippen molar-refractivity contribution >= 4 is 0 Å². The number of piperidine rings is 1. The summed E-state index contributed by atoms with van der Waals surface area (Å²) in [7, 11) is 2.21. The molecule has 2 heterocycles. The molecule has 2 unspecified atom stereocenters. The minimum Gasteiger partial charge on any atom is -0.487 e. The van der Waals surface area contributed by atoms with Crippen molar-refractivity contribution in [3.05, 3.63) is 71.0 Å². The Balaban J connectivity index is 1.58. The zero-order valence-electron chi connectivity index (χ0n) is 16.4. The molecule has 3 aliphatic carbocycles. The first-order valence-electron chi connectivity index (χ1n) is 10.4. The van der Waals surface area contributed by atoms with E-state index in [1.54, 1.807) is 0 Å². The lowest BCUT2D eigenvalue weighted by atomic mass is 9.50. The molecule has 1 saturated heterocycles. The summed E-state index contributed by atoms with van der Waals surface area (Å²) in [5, 5.41) is 22.6. The summed E-state index contributed by atoms with van der Waals surface area (Å²) < 4.78 is 6.51. The number of nitrogens with zero attached hydrogens (tertiary/aromatic N) is 1. The van der Waals surface area contributed by atoms with Gasteiger partial charge in [0.15, 0.2) is 0 Å². The van der Waals surface area contributed by atoms with Crippen LogP contribution in [0.5, 0.6) is 0 Å². The highest BCUT2D eigenvalue weighted by Crippen LogP contribution is 2.66. The van der Waals surface area contributed by atoms with Crippen molar-refractivity contribution in [3.63, 3.8) is 0 Å². The van der Waals surface area contributed by atoms with Gasteiger partial charge in [0.05, 0.1) is 0 Å². The van der Waals surface area contributed by atoms with Crippen LogP contribution in [0, 0.1) is 11.3 Å². The van der Waals surface area contributed by atoms with Crippen molar-refractivity contribution in [2.45, 2.75) is 49.5 Å². The van der Waals surface area contributed by atoms with Gasteiger partial charge in [-0.05, 0) is 44.5 Å². The van der Waals surface area contributed by atoms with Crippen LogP contribution in [0.4, 0.5) is 0 Å². The SMILES string of the molecule is CN1CC[C@]23C4=C5O[C@H]2[C@@H](O)C=C[C@H]3[C@H]1CC4=CC(c1ccccc1)C5(C)O. The van der Waals surface area contributed by atoms with Gasteiger partial charge in [-0.15, -0.1) is 0 Å². The molecule has 2 aliphatic heterocycles.